The molecule has 0 radical (unpaired) electrons. The zero-order valence-corrected chi connectivity index (χ0v) is 22.2. The van der Waals surface area contributed by atoms with Gasteiger partial charge in [-0.15, -0.1) is 0 Å². The summed E-state index contributed by atoms with van der Waals surface area (Å²) in [6, 6.07) is 9.84. The van der Waals surface area contributed by atoms with Crippen LogP contribution in [0.25, 0.3) is 0 Å². The number of hydrogen-bond donors (Lipinski definition) is 0. The van der Waals surface area contributed by atoms with Gasteiger partial charge in [0.1, 0.15) is 6.79 Å². The molecule has 6 nitrogen and oxygen atoms in total. The Morgan fingerprint density at radius 1 is 1.00 bits per heavy atom. The van der Waals surface area contributed by atoms with E-state index in [-0.39, 0.29) is 31.1 Å². The van der Waals surface area contributed by atoms with Gasteiger partial charge in [0.05, 0.1) is 38.5 Å². The molecule has 1 aromatic rings. The van der Waals surface area contributed by atoms with Crippen LogP contribution in [0.4, 0.5) is 4.79 Å². The summed E-state index contributed by atoms with van der Waals surface area (Å²) in [4.78, 5) is 14.7. The fourth-order valence-electron chi connectivity index (χ4n) is 4.72. The van der Waals surface area contributed by atoms with Crippen molar-refractivity contribution >= 4 is 6.09 Å². The topological polar surface area (TPSA) is 57.2 Å². The minimum Gasteiger partial charge on any atom is -0.453 e. The van der Waals surface area contributed by atoms with E-state index in [1.54, 1.807) is 12.0 Å². The highest BCUT2D eigenvalue weighted by Crippen LogP contribution is 2.29. The standard InChI is InChI=1S/C29H47NO5/c1-4-5-6-7-8-9-10-11-12-16-19-26-20-21-28(35-22-25-17-14-13-15-18-25)27(23-34-24-32-2)30(26)29(31)33-3/h13-19,26-28H,4-12,20-24H2,1-3H3/b19-16-/t26-,27+,28-/m1/s1. The highest BCUT2D eigenvalue weighted by molar-refractivity contribution is 5.69. The van der Waals surface area contributed by atoms with E-state index in [2.05, 4.69) is 19.1 Å². The van der Waals surface area contributed by atoms with E-state index in [4.69, 9.17) is 18.9 Å². The number of hydrogen-bond acceptors (Lipinski definition) is 5. The van der Waals surface area contributed by atoms with Crippen LogP contribution in [0, 0.1) is 0 Å². The van der Waals surface area contributed by atoms with Crippen molar-refractivity contribution in [1.29, 1.82) is 0 Å². The molecule has 0 bridgehead atoms. The van der Waals surface area contributed by atoms with Gasteiger partial charge in [-0.1, -0.05) is 94.4 Å². The van der Waals surface area contributed by atoms with Crippen molar-refractivity contribution in [2.24, 2.45) is 0 Å². The second kappa shape index (κ2) is 18.4. The van der Waals surface area contributed by atoms with Crippen molar-refractivity contribution in [2.75, 3.05) is 27.6 Å². The normalized spacial score (nSPS) is 20.4. The lowest BCUT2D eigenvalue weighted by Gasteiger charge is -2.44. The predicted octanol–water partition coefficient (Wildman–Crippen LogP) is 6.88. The maximum atomic E-state index is 12.8. The third-order valence-electron chi connectivity index (χ3n) is 6.66. The van der Waals surface area contributed by atoms with Gasteiger partial charge >= 0.3 is 6.09 Å². The number of allylic oxidation sites excluding steroid dienone is 1. The molecule has 0 aliphatic carbocycles. The molecule has 0 aromatic heterocycles. The Morgan fingerprint density at radius 3 is 2.40 bits per heavy atom. The average Bonchev–Trinajstić information content (AvgIpc) is 2.89. The Morgan fingerprint density at radius 2 is 1.71 bits per heavy atom. The van der Waals surface area contributed by atoms with E-state index in [0.717, 1.165) is 24.8 Å². The van der Waals surface area contributed by atoms with Gasteiger partial charge in [-0.25, -0.2) is 4.79 Å². The number of benzene rings is 1. The third kappa shape index (κ3) is 11.1. The molecule has 1 aliphatic heterocycles. The molecule has 6 heteroatoms. The SMILES string of the molecule is CCCCCCCCCC/C=C\[C@@H]1CC[C@@H](OCc2ccccc2)[C@H](COCOC)N1C(=O)OC. The average molecular weight is 490 g/mol. The fourth-order valence-corrected chi connectivity index (χ4v) is 4.72. The van der Waals surface area contributed by atoms with Crippen molar-refractivity contribution < 1.29 is 23.7 Å². The quantitative estimate of drug-likeness (QED) is 0.136. The van der Waals surface area contributed by atoms with Crippen LogP contribution in [0.3, 0.4) is 0 Å². The lowest BCUT2D eigenvalue weighted by molar-refractivity contribution is -0.106. The summed E-state index contributed by atoms with van der Waals surface area (Å²) in [5.41, 5.74) is 1.11. The minimum atomic E-state index is -0.342. The predicted molar refractivity (Wildman–Crippen MR) is 140 cm³/mol. The van der Waals surface area contributed by atoms with Crippen molar-refractivity contribution in [3.63, 3.8) is 0 Å². The highest BCUT2D eigenvalue weighted by atomic mass is 16.7. The van der Waals surface area contributed by atoms with Crippen LogP contribution in [-0.2, 0) is 25.6 Å². The van der Waals surface area contributed by atoms with Gasteiger partial charge in [0, 0.05) is 7.11 Å². The van der Waals surface area contributed by atoms with Gasteiger partial charge in [-0.3, -0.25) is 4.90 Å². The molecule has 1 saturated heterocycles. The molecule has 1 heterocycles. The summed E-state index contributed by atoms with van der Waals surface area (Å²) in [5, 5.41) is 0. The van der Waals surface area contributed by atoms with Gasteiger partial charge in [0.25, 0.3) is 0 Å². The van der Waals surface area contributed by atoms with Crippen molar-refractivity contribution in [3.05, 3.63) is 48.0 Å². The van der Waals surface area contributed by atoms with Crippen LogP contribution in [0.15, 0.2) is 42.5 Å². The molecule has 3 atom stereocenters. The Labute approximate surface area is 213 Å². The molecule has 2 rings (SSSR count). The van der Waals surface area contributed by atoms with Crippen LogP contribution in [0.5, 0.6) is 0 Å². The summed E-state index contributed by atoms with van der Waals surface area (Å²) in [6.45, 7) is 3.27. The van der Waals surface area contributed by atoms with E-state index >= 15 is 0 Å². The number of likely N-dealkylation sites (tertiary alicyclic amines) is 1. The van der Waals surface area contributed by atoms with Crippen molar-refractivity contribution in [2.45, 2.75) is 102 Å². The smallest absolute Gasteiger partial charge is 0.410 e. The Bertz CT molecular complexity index is 696. The Hall–Kier alpha value is -1.89. The molecule has 0 saturated carbocycles. The van der Waals surface area contributed by atoms with Gasteiger partial charge < -0.3 is 18.9 Å². The molecule has 0 N–H and O–H groups in total. The number of unbranched alkanes of at least 4 members (excludes halogenated alkanes) is 8. The first-order valence-corrected chi connectivity index (χ1v) is 13.5. The molecule has 1 aliphatic rings. The van der Waals surface area contributed by atoms with Crippen LogP contribution < -0.4 is 0 Å². The molecular weight excluding hydrogens is 442 g/mol. The number of piperidine rings is 1. The molecule has 0 unspecified atom stereocenters. The molecular formula is C29H47NO5. The largest absolute Gasteiger partial charge is 0.453 e. The first-order valence-electron chi connectivity index (χ1n) is 13.5. The Balaban J connectivity index is 1.92. The number of methoxy groups -OCH3 is 2. The van der Waals surface area contributed by atoms with E-state index in [0.29, 0.717) is 13.2 Å². The lowest BCUT2D eigenvalue weighted by Crippen LogP contribution is -2.58. The number of nitrogens with zero attached hydrogens (tertiary/aromatic N) is 1. The highest BCUT2D eigenvalue weighted by Gasteiger charge is 2.40. The summed E-state index contributed by atoms with van der Waals surface area (Å²) in [6.07, 6.45) is 17.2. The van der Waals surface area contributed by atoms with Crippen molar-refractivity contribution in [3.8, 4) is 0 Å². The number of rotatable bonds is 17. The molecule has 1 amide bonds. The van der Waals surface area contributed by atoms with Crippen molar-refractivity contribution in [1.82, 2.24) is 4.90 Å². The first-order chi connectivity index (χ1) is 17.2. The second-order valence-corrected chi connectivity index (χ2v) is 9.39. The van der Waals surface area contributed by atoms with Gasteiger partial charge in [0.15, 0.2) is 0 Å². The van der Waals surface area contributed by atoms with Gasteiger partial charge in [-0.05, 0) is 31.2 Å². The minimum absolute atomic E-state index is 0.0239. The number of ether oxygens (including phenoxy) is 4. The maximum absolute atomic E-state index is 12.8. The number of carbonyl (C=O) groups is 1. The molecule has 1 fully saturated rings. The number of amides is 1. The number of carbonyl (C=O) groups excluding carboxylic acids is 1. The maximum Gasteiger partial charge on any atom is 0.410 e. The van der Waals surface area contributed by atoms with E-state index in [1.165, 1.54) is 58.5 Å². The first kappa shape index (κ1) is 29.3. The second-order valence-electron chi connectivity index (χ2n) is 9.39. The van der Waals surface area contributed by atoms with Crippen LogP contribution >= 0.6 is 0 Å². The summed E-state index contributed by atoms with van der Waals surface area (Å²) >= 11 is 0. The zero-order valence-electron chi connectivity index (χ0n) is 22.2. The fraction of sp³-hybridized carbons (Fsp3) is 0.690. The molecule has 0 spiro atoms. The van der Waals surface area contributed by atoms with E-state index in [1.807, 2.05) is 30.3 Å². The molecule has 35 heavy (non-hydrogen) atoms. The van der Waals surface area contributed by atoms with Gasteiger partial charge in [0.2, 0.25) is 0 Å². The summed E-state index contributed by atoms with van der Waals surface area (Å²) in [5.74, 6) is 0. The monoisotopic (exact) mass is 489 g/mol. The van der Waals surface area contributed by atoms with E-state index < -0.39 is 0 Å². The zero-order chi connectivity index (χ0) is 25.1. The molecule has 1 aromatic carbocycles. The van der Waals surface area contributed by atoms with Crippen LogP contribution in [0.2, 0.25) is 0 Å². The Kier molecular flexibility index (Phi) is 15.4. The van der Waals surface area contributed by atoms with Gasteiger partial charge in [-0.2, -0.15) is 0 Å². The molecule has 198 valence electrons. The summed E-state index contributed by atoms with van der Waals surface area (Å²) < 4.78 is 22.3. The summed E-state index contributed by atoms with van der Waals surface area (Å²) in [7, 11) is 3.03. The van der Waals surface area contributed by atoms with E-state index in [9.17, 15) is 4.79 Å². The van der Waals surface area contributed by atoms with Crippen LogP contribution in [0.1, 0.15) is 83.1 Å². The van der Waals surface area contributed by atoms with Crippen LogP contribution in [-0.4, -0.2) is 56.8 Å². The third-order valence-corrected chi connectivity index (χ3v) is 6.66. The lowest BCUT2D eigenvalue weighted by atomic mass is 9.92.